The van der Waals surface area contributed by atoms with Gasteiger partial charge in [-0.2, -0.15) is 5.26 Å². The van der Waals surface area contributed by atoms with Crippen molar-refractivity contribution in [1.29, 1.82) is 5.26 Å². The largest absolute Gasteiger partial charge is 0.368 e. The molecule has 2 aromatic carbocycles. The van der Waals surface area contributed by atoms with Gasteiger partial charge >= 0.3 is 0 Å². The van der Waals surface area contributed by atoms with Crippen LogP contribution in [0.15, 0.2) is 65.2 Å². The van der Waals surface area contributed by atoms with Gasteiger partial charge in [-0.3, -0.25) is 4.79 Å². The lowest BCUT2D eigenvalue weighted by Gasteiger charge is -2.36. The minimum Gasteiger partial charge on any atom is -0.368 e. The summed E-state index contributed by atoms with van der Waals surface area (Å²) in [6, 6.07) is 13.7. The molecule has 0 aromatic heterocycles. The van der Waals surface area contributed by atoms with E-state index in [2.05, 4.69) is 5.32 Å². The van der Waals surface area contributed by atoms with Crippen molar-refractivity contribution in [3.63, 3.8) is 0 Å². The molecule has 10 heteroatoms. The van der Waals surface area contributed by atoms with E-state index in [-0.39, 0.29) is 16.3 Å². The van der Waals surface area contributed by atoms with Crippen molar-refractivity contribution in [3.05, 3.63) is 66.1 Å². The highest BCUT2D eigenvalue weighted by atomic mass is 32.2. The van der Waals surface area contributed by atoms with Crippen LogP contribution in [0.3, 0.4) is 0 Å². The molecule has 3 rings (SSSR count). The van der Waals surface area contributed by atoms with Gasteiger partial charge in [-0.25, -0.2) is 17.9 Å². The molecule has 1 saturated heterocycles. The van der Waals surface area contributed by atoms with Crippen LogP contribution in [0.1, 0.15) is 0 Å². The van der Waals surface area contributed by atoms with Gasteiger partial charge in [-0.1, -0.05) is 0 Å². The van der Waals surface area contributed by atoms with Gasteiger partial charge in [0.2, 0.25) is 10.0 Å². The maximum atomic E-state index is 13.1. The lowest BCUT2D eigenvalue weighted by molar-refractivity contribution is -0.127. The third kappa shape index (κ3) is 5.14. The number of primary sulfonamides is 1. The number of halogens is 1. The number of amides is 1. The summed E-state index contributed by atoms with van der Waals surface area (Å²) in [6.07, 6.45) is 1.29. The Morgan fingerprint density at radius 1 is 1.07 bits per heavy atom. The van der Waals surface area contributed by atoms with E-state index in [1.165, 1.54) is 42.6 Å². The van der Waals surface area contributed by atoms with E-state index >= 15 is 0 Å². The number of benzene rings is 2. The third-order valence-electron chi connectivity index (χ3n) is 4.68. The van der Waals surface area contributed by atoms with E-state index in [0.29, 0.717) is 31.9 Å². The normalized spacial score (nSPS) is 14.9. The molecule has 1 amide bonds. The summed E-state index contributed by atoms with van der Waals surface area (Å²) in [5.74, 6) is -0.701. The standard InChI is InChI=1S/C20H20FN5O3S/c21-16-1-5-18(6-2-16)25-9-11-26(12-10-25)20(27)15(13-22)14-24-17-3-7-19(8-4-17)30(23,28)29/h1-8,14,24H,9-12H2,(H2,23,28,29)/b15-14-. The van der Waals surface area contributed by atoms with Crippen LogP contribution in [0.4, 0.5) is 15.8 Å². The predicted octanol–water partition coefficient (Wildman–Crippen LogP) is 1.64. The number of nitriles is 1. The summed E-state index contributed by atoms with van der Waals surface area (Å²) in [4.78, 5) is 16.3. The highest BCUT2D eigenvalue weighted by Crippen LogP contribution is 2.18. The SMILES string of the molecule is N#C/C(=C/Nc1ccc(S(N)(=O)=O)cc1)C(=O)N1CCN(c2ccc(F)cc2)CC1. The lowest BCUT2D eigenvalue weighted by Crippen LogP contribution is -2.49. The van der Waals surface area contributed by atoms with Crippen molar-refractivity contribution < 1.29 is 17.6 Å². The molecule has 0 atom stereocenters. The van der Waals surface area contributed by atoms with Crippen molar-refractivity contribution in [2.24, 2.45) is 5.14 Å². The Morgan fingerprint density at radius 3 is 2.20 bits per heavy atom. The van der Waals surface area contributed by atoms with Crippen molar-refractivity contribution >= 4 is 27.3 Å². The number of nitrogens with two attached hydrogens (primary N) is 1. The number of hydrogen-bond donors (Lipinski definition) is 2. The van der Waals surface area contributed by atoms with E-state index < -0.39 is 15.9 Å². The smallest absolute Gasteiger partial charge is 0.266 e. The summed E-state index contributed by atoms with van der Waals surface area (Å²) >= 11 is 0. The molecule has 3 N–H and O–H groups in total. The maximum Gasteiger partial charge on any atom is 0.266 e. The van der Waals surface area contributed by atoms with Gasteiger partial charge in [0.15, 0.2) is 0 Å². The van der Waals surface area contributed by atoms with Crippen molar-refractivity contribution in [1.82, 2.24) is 4.90 Å². The fourth-order valence-corrected chi connectivity index (χ4v) is 3.54. The quantitative estimate of drug-likeness (QED) is 0.551. The monoisotopic (exact) mass is 429 g/mol. The van der Waals surface area contributed by atoms with E-state index in [0.717, 1.165) is 5.69 Å². The molecule has 0 spiro atoms. The topological polar surface area (TPSA) is 120 Å². The van der Waals surface area contributed by atoms with Crippen LogP contribution in [0.2, 0.25) is 0 Å². The lowest BCUT2D eigenvalue weighted by atomic mass is 10.2. The Hall–Kier alpha value is -3.42. The molecule has 2 aromatic rings. The maximum absolute atomic E-state index is 13.1. The first-order valence-electron chi connectivity index (χ1n) is 9.07. The number of rotatable bonds is 5. The number of anilines is 2. The number of carbonyl (C=O) groups is 1. The minimum absolute atomic E-state index is 0.0346. The Bertz CT molecular complexity index is 1080. The second-order valence-electron chi connectivity index (χ2n) is 6.64. The average molecular weight is 429 g/mol. The molecule has 1 heterocycles. The zero-order valence-corrected chi connectivity index (χ0v) is 16.8. The summed E-state index contributed by atoms with van der Waals surface area (Å²) in [7, 11) is -3.79. The fraction of sp³-hybridized carbons (Fsp3) is 0.200. The molecule has 156 valence electrons. The van der Waals surface area contributed by atoms with Crippen LogP contribution >= 0.6 is 0 Å². The fourth-order valence-electron chi connectivity index (χ4n) is 3.03. The van der Waals surface area contributed by atoms with Crippen LogP contribution in [0.25, 0.3) is 0 Å². The highest BCUT2D eigenvalue weighted by Gasteiger charge is 2.24. The Morgan fingerprint density at radius 2 is 1.67 bits per heavy atom. The molecule has 1 aliphatic heterocycles. The number of nitrogens with zero attached hydrogens (tertiary/aromatic N) is 3. The van der Waals surface area contributed by atoms with Crippen molar-refractivity contribution in [2.75, 3.05) is 36.4 Å². The third-order valence-corrected chi connectivity index (χ3v) is 5.60. The summed E-state index contributed by atoms with van der Waals surface area (Å²) in [5, 5.41) is 17.2. The molecule has 0 bridgehead atoms. The van der Waals surface area contributed by atoms with E-state index in [4.69, 9.17) is 5.14 Å². The van der Waals surface area contributed by atoms with Gasteiger partial charge in [0.25, 0.3) is 5.91 Å². The zero-order chi connectivity index (χ0) is 21.7. The van der Waals surface area contributed by atoms with Crippen molar-refractivity contribution in [2.45, 2.75) is 4.90 Å². The van der Waals surface area contributed by atoms with E-state index in [9.17, 15) is 22.9 Å². The van der Waals surface area contributed by atoms with Gasteiger partial charge in [0, 0.05) is 43.8 Å². The molecule has 30 heavy (non-hydrogen) atoms. The molecule has 0 aliphatic carbocycles. The molecule has 0 saturated carbocycles. The molecule has 0 radical (unpaired) electrons. The first kappa shape index (κ1) is 21.3. The molecular weight excluding hydrogens is 409 g/mol. The first-order valence-corrected chi connectivity index (χ1v) is 10.6. The average Bonchev–Trinajstić information content (AvgIpc) is 2.74. The van der Waals surface area contributed by atoms with Gasteiger partial charge in [-0.15, -0.1) is 0 Å². The van der Waals surface area contributed by atoms with Crippen LogP contribution in [-0.2, 0) is 14.8 Å². The Kier molecular flexibility index (Phi) is 6.34. The first-order chi connectivity index (χ1) is 14.3. The molecular formula is C20H20FN5O3S. The Labute approximate surface area is 174 Å². The minimum atomic E-state index is -3.79. The van der Waals surface area contributed by atoms with Crippen LogP contribution in [0.5, 0.6) is 0 Å². The molecule has 0 unspecified atom stereocenters. The Balaban J connectivity index is 1.61. The molecule has 1 fully saturated rings. The highest BCUT2D eigenvalue weighted by molar-refractivity contribution is 7.89. The van der Waals surface area contributed by atoms with Gasteiger partial charge < -0.3 is 15.1 Å². The summed E-state index contributed by atoms with van der Waals surface area (Å²) in [5.41, 5.74) is 1.31. The number of carbonyl (C=O) groups excluding carboxylic acids is 1. The number of piperazine rings is 1. The number of hydrogen-bond acceptors (Lipinski definition) is 6. The van der Waals surface area contributed by atoms with Gasteiger partial charge in [-0.05, 0) is 48.5 Å². The summed E-state index contributed by atoms with van der Waals surface area (Å²) in [6.45, 7) is 1.99. The van der Waals surface area contributed by atoms with Gasteiger partial charge in [0.1, 0.15) is 17.5 Å². The number of sulfonamides is 1. The van der Waals surface area contributed by atoms with Crippen LogP contribution in [-0.4, -0.2) is 45.4 Å². The van der Waals surface area contributed by atoms with Crippen molar-refractivity contribution in [3.8, 4) is 6.07 Å². The van der Waals surface area contributed by atoms with E-state index in [1.54, 1.807) is 17.0 Å². The second kappa shape index (κ2) is 8.94. The van der Waals surface area contributed by atoms with Gasteiger partial charge in [0.05, 0.1) is 4.90 Å². The van der Waals surface area contributed by atoms with Crippen LogP contribution < -0.4 is 15.4 Å². The molecule has 8 nitrogen and oxygen atoms in total. The summed E-state index contributed by atoms with van der Waals surface area (Å²) < 4.78 is 35.6. The predicted molar refractivity (Wildman–Crippen MR) is 110 cm³/mol. The number of nitrogens with one attached hydrogen (secondary N) is 1. The zero-order valence-electron chi connectivity index (χ0n) is 16.0. The second-order valence-corrected chi connectivity index (χ2v) is 8.20. The van der Waals surface area contributed by atoms with Crippen LogP contribution in [0, 0.1) is 17.1 Å². The molecule has 1 aliphatic rings. The van der Waals surface area contributed by atoms with E-state index in [1.807, 2.05) is 11.0 Å².